The Morgan fingerprint density at radius 2 is 1.82 bits per heavy atom. The summed E-state index contributed by atoms with van der Waals surface area (Å²) in [6, 6.07) is 6.32. The molecule has 5 heteroatoms. The minimum absolute atomic E-state index is 0.108. The van der Waals surface area contributed by atoms with E-state index in [1.165, 1.54) is 24.4 Å². The highest BCUT2D eigenvalue weighted by Crippen LogP contribution is 2.25. The molecule has 1 heterocycles. The molecule has 0 saturated carbocycles. The molecule has 17 heavy (non-hydrogen) atoms. The summed E-state index contributed by atoms with van der Waals surface area (Å²) in [5, 5.41) is 0. The first-order chi connectivity index (χ1) is 8.24. The van der Waals surface area contributed by atoms with Crippen molar-refractivity contribution in [3.8, 4) is 0 Å². The van der Waals surface area contributed by atoms with Crippen molar-refractivity contribution in [2.75, 3.05) is 0 Å². The molecule has 0 fully saturated rings. The summed E-state index contributed by atoms with van der Waals surface area (Å²) in [5.41, 5.74) is 2.88. The number of hydrazine groups is 1. The van der Waals surface area contributed by atoms with Crippen LogP contribution in [0.2, 0.25) is 0 Å². The lowest BCUT2D eigenvalue weighted by atomic mass is 10.00. The van der Waals surface area contributed by atoms with Crippen molar-refractivity contribution in [2.45, 2.75) is 6.04 Å². The van der Waals surface area contributed by atoms with E-state index in [0.717, 1.165) is 0 Å². The van der Waals surface area contributed by atoms with Crippen LogP contribution in [-0.4, -0.2) is 4.98 Å². The zero-order chi connectivity index (χ0) is 12.3. The Kier molecular flexibility index (Phi) is 3.41. The van der Waals surface area contributed by atoms with E-state index in [1.807, 2.05) is 0 Å². The maximum Gasteiger partial charge on any atom is 0.131 e. The number of aromatic nitrogens is 1. The van der Waals surface area contributed by atoms with Crippen molar-refractivity contribution in [3.63, 3.8) is 0 Å². The lowest BCUT2D eigenvalue weighted by Gasteiger charge is -2.17. The number of rotatable bonds is 3. The van der Waals surface area contributed by atoms with Gasteiger partial charge in [-0.1, -0.05) is 12.1 Å². The van der Waals surface area contributed by atoms with E-state index in [1.54, 1.807) is 18.3 Å². The van der Waals surface area contributed by atoms with Gasteiger partial charge in [-0.3, -0.25) is 10.8 Å². The number of halogens is 2. The molecule has 2 aromatic rings. The molecule has 0 saturated heterocycles. The zero-order valence-electron chi connectivity index (χ0n) is 8.90. The second-order valence-electron chi connectivity index (χ2n) is 3.52. The van der Waals surface area contributed by atoms with Crippen LogP contribution >= 0.6 is 0 Å². The van der Waals surface area contributed by atoms with Gasteiger partial charge in [-0.15, -0.1) is 0 Å². The van der Waals surface area contributed by atoms with Crippen LogP contribution in [0.4, 0.5) is 8.78 Å². The van der Waals surface area contributed by atoms with E-state index in [4.69, 9.17) is 5.84 Å². The third kappa shape index (κ3) is 2.30. The van der Waals surface area contributed by atoms with Gasteiger partial charge in [0.1, 0.15) is 11.6 Å². The number of nitrogens with two attached hydrogens (primary N) is 1. The van der Waals surface area contributed by atoms with E-state index >= 15 is 0 Å². The molecule has 1 unspecified atom stereocenters. The van der Waals surface area contributed by atoms with Crippen LogP contribution in [0.15, 0.2) is 42.7 Å². The van der Waals surface area contributed by atoms with Crippen LogP contribution in [0.25, 0.3) is 0 Å². The van der Waals surface area contributed by atoms with Crippen molar-refractivity contribution < 1.29 is 8.78 Å². The van der Waals surface area contributed by atoms with Crippen LogP contribution in [0.3, 0.4) is 0 Å². The molecule has 1 aromatic heterocycles. The van der Waals surface area contributed by atoms with Gasteiger partial charge in [0.25, 0.3) is 0 Å². The molecule has 0 radical (unpaired) electrons. The largest absolute Gasteiger partial charge is 0.271 e. The van der Waals surface area contributed by atoms with Crippen molar-refractivity contribution in [1.29, 1.82) is 0 Å². The fraction of sp³-hybridized carbons (Fsp3) is 0.0833. The maximum absolute atomic E-state index is 13.6. The van der Waals surface area contributed by atoms with Crippen LogP contribution in [0.5, 0.6) is 0 Å². The normalized spacial score (nSPS) is 12.4. The zero-order valence-corrected chi connectivity index (χ0v) is 8.90. The Hall–Kier alpha value is -1.85. The summed E-state index contributed by atoms with van der Waals surface area (Å²) in [5.74, 6) is 4.08. The number of nitrogens with zero attached hydrogens (tertiary/aromatic N) is 1. The van der Waals surface area contributed by atoms with E-state index in [0.29, 0.717) is 5.56 Å². The predicted octanol–water partition coefficient (Wildman–Crippen LogP) is 1.91. The Bertz CT molecular complexity index is 482. The minimum atomic E-state index is -0.759. The number of benzene rings is 1. The molecule has 0 spiro atoms. The first kappa shape index (κ1) is 11.6. The number of hydrogen-bond donors (Lipinski definition) is 2. The van der Waals surface area contributed by atoms with Crippen LogP contribution in [0, 0.1) is 11.6 Å². The van der Waals surface area contributed by atoms with Gasteiger partial charge in [-0.2, -0.15) is 0 Å². The quantitative estimate of drug-likeness (QED) is 0.631. The highest BCUT2D eigenvalue weighted by molar-refractivity contribution is 5.32. The molecule has 1 atom stereocenters. The smallest absolute Gasteiger partial charge is 0.131 e. The Morgan fingerprint density at radius 1 is 1.12 bits per heavy atom. The van der Waals surface area contributed by atoms with E-state index in [2.05, 4.69) is 10.4 Å². The highest BCUT2D eigenvalue weighted by atomic mass is 19.1. The average Bonchev–Trinajstić information content (AvgIpc) is 2.35. The Labute approximate surface area is 97.3 Å². The SMILES string of the molecule is NNC(c1cccnc1)c1c(F)cccc1F. The Morgan fingerprint density at radius 3 is 2.35 bits per heavy atom. The average molecular weight is 235 g/mol. The molecule has 1 aromatic carbocycles. The van der Waals surface area contributed by atoms with Gasteiger partial charge in [0.05, 0.1) is 6.04 Å². The van der Waals surface area contributed by atoms with Gasteiger partial charge in [0, 0.05) is 18.0 Å². The van der Waals surface area contributed by atoms with Gasteiger partial charge in [0.15, 0.2) is 0 Å². The molecule has 0 amide bonds. The van der Waals surface area contributed by atoms with Crippen LogP contribution in [0.1, 0.15) is 17.2 Å². The van der Waals surface area contributed by atoms with Gasteiger partial charge in [-0.05, 0) is 23.8 Å². The topological polar surface area (TPSA) is 50.9 Å². The van der Waals surface area contributed by atoms with Gasteiger partial charge in [-0.25, -0.2) is 14.2 Å². The molecule has 0 aliphatic rings. The molecular formula is C12H11F2N3. The van der Waals surface area contributed by atoms with Crippen molar-refractivity contribution >= 4 is 0 Å². The van der Waals surface area contributed by atoms with Gasteiger partial charge >= 0.3 is 0 Å². The summed E-state index contributed by atoms with van der Waals surface area (Å²) < 4.78 is 27.2. The Balaban J connectivity index is 2.50. The number of pyridine rings is 1. The molecule has 88 valence electrons. The summed E-state index contributed by atoms with van der Waals surface area (Å²) in [4.78, 5) is 3.90. The molecule has 0 bridgehead atoms. The molecule has 0 aliphatic carbocycles. The summed E-state index contributed by atoms with van der Waals surface area (Å²) in [6.07, 6.45) is 3.09. The molecular weight excluding hydrogens is 224 g/mol. The first-order valence-corrected chi connectivity index (χ1v) is 5.04. The van der Waals surface area contributed by atoms with Crippen molar-refractivity contribution in [2.24, 2.45) is 5.84 Å². The molecule has 3 N–H and O–H groups in total. The van der Waals surface area contributed by atoms with Crippen molar-refractivity contribution in [1.82, 2.24) is 10.4 Å². The fourth-order valence-corrected chi connectivity index (χ4v) is 1.68. The highest BCUT2D eigenvalue weighted by Gasteiger charge is 2.20. The number of hydrogen-bond acceptors (Lipinski definition) is 3. The predicted molar refractivity (Wildman–Crippen MR) is 59.8 cm³/mol. The maximum atomic E-state index is 13.6. The monoisotopic (exact) mass is 235 g/mol. The second-order valence-corrected chi connectivity index (χ2v) is 3.52. The number of nitrogens with one attached hydrogen (secondary N) is 1. The standard InChI is InChI=1S/C12H11F2N3/c13-9-4-1-5-10(14)11(9)12(17-15)8-3-2-6-16-7-8/h1-7,12,17H,15H2. The van der Waals surface area contributed by atoms with E-state index in [9.17, 15) is 8.78 Å². The summed E-state index contributed by atoms with van der Waals surface area (Å²) in [7, 11) is 0. The molecule has 0 aliphatic heterocycles. The van der Waals surface area contributed by atoms with Crippen LogP contribution in [-0.2, 0) is 0 Å². The fourth-order valence-electron chi connectivity index (χ4n) is 1.68. The van der Waals surface area contributed by atoms with E-state index in [-0.39, 0.29) is 5.56 Å². The van der Waals surface area contributed by atoms with Gasteiger partial charge < -0.3 is 0 Å². The lowest BCUT2D eigenvalue weighted by Crippen LogP contribution is -2.30. The minimum Gasteiger partial charge on any atom is -0.271 e. The van der Waals surface area contributed by atoms with Gasteiger partial charge in [0.2, 0.25) is 0 Å². The summed E-state index contributed by atoms with van der Waals surface area (Å²) >= 11 is 0. The third-order valence-electron chi connectivity index (χ3n) is 2.47. The van der Waals surface area contributed by atoms with E-state index < -0.39 is 17.7 Å². The molecule has 2 rings (SSSR count). The summed E-state index contributed by atoms with van der Waals surface area (Å²) in [6.45, 7) is 0. The third-order valence-corrected chi connectivity index (χ3v) is 2.47. The first-order valence-electron chi connectivity index (χ1n) is 5.04. The van der Waals surface area contributed by atoms with Crippen LogP contribution < -0.4 is 11.3 Å². The molecule has 3 nitrogen and oxygen atoms in total. The lowest BCUT2D eigenvalue weighted by molar-refractivity contribution is 0.510. The second kappa shape index (κ2) is 4.99. The van der Waals surface area contributed by atoms with Crippen molar-refractivity contribution in [3.05, 3.63) is 65.5 Å².